The number of aliphatic hydroxyl groups excluding tert-OH is 1. The van der Waals surface area contributed by atoms with Gasteiger partial charge in [0, 0.05) is 41.6 Å². The number of hydrogen-bond donors (Lipinski definition) is 1. The quantitative estimate of drug-likeness (QED) is 0.772. The maximum atomic E-state index is 13.4. The van der Waals surface area contributed by atoms with Crippen molar-refractivity contribution >= 4 is 5.91 Å². The van der Waals surface area contributed by atoms with Gasteiger partial charge >= 0.3 is 0 Å². The average Bonchev–Trinajstić information content (AvgIpc) is 3.61. The second-order valence-corrected chi connectivity index (χ2v) is 8.38. The fraction of sp³-hybridized carbons (Fsp3) is 0.500. The van der Waals surface area contributed by atoms with Gasteiger partial charge in [-0.15, -0.1) is 0 Å². The first-order valence-corrected chi connectivity index (χ1v) is 10.7. The minimum absolute atomic E-state index is 0.0826. The normalized spacial score (nSPS) is 24.1. The van der Waals surface area contributed by atoms with Crippen molar-refractivity contribution in [2.45, 2.75) is 62.4 Å². The van der Waals surface area contributed by atoms with Crippen molar-refractivity contribution < 1.29 is 14.6 Å². The van der Waals surface area contributed by atoms with Crippen LogP contribution in [0.25, 0.3) is 0 Å². The zero-order valence-corrected chi connectivity index (χ0v) is 17.1. The van der Waals surface area contributed by atoms with E-state index in [0.29, 0.717) is 17.4 Å². The van der Waals surface area contributed by atoms with Crippen LogP contribution in [-0.2, 0) is 5.41 Å². The monoisotopic (exact) mass is 394 g/mol. The van der Waals surface area contributed by atoms with E-state index in [-0.39, 0.29) is 24.0 Å². The van der Waals surface area contributed by atoms with Crippen LogP contribution in [0.4, 0.5) is 0 Å². The highest BCUT2D eigenvalue weighted by molar-refractivity contribution is 5.95. The lowest BCUT2D eigenvalue weighted by atomic mass is 9.68. The average molecular weight is 395 g/mol. The smallest absolute Gasteiger partial charge is 0.254 e. The summed E-state index contributed by atoms with van der Waals surface area (Å²) >= 11 is 0. The third kappa shape index (κ3) is 4.15. The van der Waals surface area contributed by atoms with E-state index in [1.165, 1.54) is 0 Å². The van der Waals surface area contributed by atoms with Gasteiger partial charge in [-0.3, -0.25) is 9.78 Å². The lowest BCUT2D eigenvalue weighted by Gasteiger charge is -2.43. The number of nitrogens with zero attached hydrogens (tertiary/aromatic N) is 2. The first-order chi connectivity index (χ1) is 14.2. The summed E-state index contributed by atoms with van der Waals surface area (Å²) < 4.78 is 5.31. The summed E-state index contributed by atoms with van der Waals surface area (Å²) in [6.07, 6.45) is 8.54. The summed E-state index contributed by atoms with van der Waals surface area (Å²) in [7, 11) is 1.63. The number of amides is 1. The zero-order valence-electron chi connectivity index (χ0n) is 17.1. The van der Waals surface area contributed by atoms with Crippen LogP contribution in [0.15, 0.2) is 48.7 Å². The molecule has 0 radical (unpaired) electrons. The van der Waals surface area contributed by atoms with Gasteiger partial charge in [0.15, 0.2) is 0 Å². The van der Waals surface area contributed by atoms with Crippen molar-refractivity contribution in [3.8, 4) is 5.75 Å². The van der Waals surface area contributed by atoms with E-state index >= 15 is 0 Å². The second kappa shape index (κ2) is 8.54. The molecule has 29 heavy (non-hydrogen) atoms. The lowest BCUT2D eigenvalue weighted by molar-refractivity contribution is 0.0548. The number of ether oxygens (including phenoxy) is 1. The Labute approximate surface area is 172 Å². The van der Waals surface area contributed by atoms with Crippen molar-refractivity contribution in [1.29, 1.82) is 0 Å². The van der Waals surface area contributed by atoms with Crippen LogP contribution in [0.1, 0.15) is 61.0 Å². The molecule has 0 unspecified atom stereocenters. The highest BCUT2D eigenvalue weighted by Crippen LogP contribution is 2.44. The molecule has 2 saturated carbocycles. The molecule has 5 nitrogen and oxygen atoms in total. The Balaban J connectivity index is 1.52. The van der Waals surface area contributed by atoms with Gasteiger partial charge in [-0.25, -0.2) is 0 Å². The molecule has 0 bridgehead atoms. The molecule has 1 amide bonds. The molecular weight excluding hydrogens is 364 g/mol. The summed E-state index contributed by atoms with van der Waals surface area (Å²) in [5.41, 5.74) is 1.69. The van der Waals surface area contributed by atoms with Gasteiger partial charge in [0.2, 0.25) is 0 Å². The molecule has 0 spiro atoms. The van der Waals surface area contributed by atoms with E-state index in [1.54, 1.807) is 7.11 Å². The Kier molecular flexibility index (Phi) is 5.86. The van der Waals surface area contributed by atoms with Gasteiger partial charge < -0.3 is 14.7 Å². The number of rotatable bonds is 7. The van der Waals surface area contributed by atoms with Crippen LogP contribution in [-0.4, -0.2) is 46.7 Å². The number of pyridine rings is 1. The Hall–Kier alpha value is -2.40. The molecule has 2 fully saturated rings. The first kappa shape index (κ1) is 19.9. The molecular formula is C24H30N2O3. The maximum absolute atomic E-state index is 13.4. The number of carbonyl (C=O) groups excluding carboxylic acids is 1. The van der Waals surface area contributed by atoms with Gasteiger partial charge in [0.25, 0.3) is 5.91 Å². The standard InChI is InChI=1S/C24H30N2O3/c1-29-21-6-4-5-18(17-21)23(28)26(19-8-9-19)20-10-12-24(13-11-20,14-16-27)22-7-2-3-15-25-22/h2-7,15,17,19-20,27H,8-14,16H2,1H3. The highest BCUT2D eigenvalue weighted by atomic mass is 16.5. The molecule has 154 valence electrons. The van der Waals surface area contributed by atoms with Gasteiger partial charge in [-0.2, -0.15) is 0 Å². The van der Waals surface area contributed by atoms with E-state index in [4.69, 9.17) is 4.74 Å². The van der Waals surface area contributed by atoms with Crippen LogP contribution in [0.3, 0.4) is 0 Å². The van der Waals surface area contributed by atoms with Gasteiger partial charge in [0.05, 0.1) is 7.11 Å². The topological polar surface area (TPSA) is 62.7 Å². The first-order valence-electron chi connectivity index (χ1n) is 10.7. The van der Waals surface area contributed by atoms with Crippen molar-refractivity contribution in [2.75, 3.05) is 13.7 Å². The summed E-state index contributed by atoms with van der Waals surface area (Å²) in [5, 5.41) is 9.70. The lowest BCUT2D eigenvalue weighted by Crippen LogP contribution is -2.47. The van der Waals surface area contributed by atoms with Crippen LogP contribution in [0, 0.1) is 0 Å². The predicted molar refractivity (Wildman–Crippen MR) is 112 cm³/mol. The molecule has 1 N–H and O–H groups in total. The molecule has 2 aliphatic rings. The van der Waals surface area contributed by atoms with Gasteiger partial charge in [0.1, 0.15) is 5.75 Å². The zero-order chi connectivity index (χ0) is 20.3. The molecule has 2 aromatic rings. The summed E-state index contributed by atoms with van der Waals surface area (Å²) in [6.45, 7) is 0.163. The fourth-order valence-corrected chi connectivity index (χ4v) is 4.85. The number of aromatic nitrogens is 1. The summed E-state index contributed by atoms with van der Waals surface area (Å²) in [5.74, 6) is 0.830. The minimum Gasteiger partial charge on any atom is -0.497 e. The number of aliphatic hydroxyl groups is 1. The Morgan fingerprint density at radius 3 is 2.52 bits per heavy atom. The largest absolute Gasteiger partial charge is 0.497 e. The maximum Gasteiger partial charge on any atom is 0.254 e. The van der Waals surface area contributed by atoms with Crippen LogP contribution >= 0.6 is 0 Å². The fourth-order valence-electron chi connectivity index (χ4n) is 4.85. The summed E-state index contributed by atoms with van der Waals surface area (Å²) in [4.78, 5) is 20.1. The number of hydrogen-bond acceptors (Lipinski definition) is 4. The van der Waals surface area contributed by atoms with E-state index in [2.05, 4.69) is 16.0 Å². The Morgan fingerprint density at radius 1 is 1.14 bits per heavy atom. The van der Waals surface area contributed by atoms with Crippen LogP contribution in [0.2, 0.25) is 0 Å². The predicted octanol–water partition coefficient (Wildman–Crippen LogP) is 3.96. The van der Waals surface area contributed by atoms with Crippen LogP contribution in [0.5, 0.6) is 5.75 Å². The molecule has 1 aromatic carbocycles. The summed E-state index contributed by atoms with van der Waals surface area (Å²) in [6, 6.07) is 14.1. The minimum atomic E-state index is -0.0826. The number of carbonyl (C=O) groups is 1. The van der Waals surface area contributed by atoms with Crippen molar-refractivity contribution in [2.24, 2.45) is 0 Å². The SMILES string of the molecule is COc1cccc(C(=O)N(C2CC2)C2CCC(CCO)(c3ccccn3)CC2)c1. The van der Waals surface area contributed by atoms with Crippen LogP contribution < -0.4 is 4.74 Å². The van der Waals surface area contributed by atoms with E-state index < -0.39 is 0 Å². The molecule has 2 aliphatic carbocycles. The molecule has 0 aliphatic heterocycles. The molecule has 0 atom stereocenters. The highest BCUT2D eigenvalue weighted by Gasteiger charge is 2.43. The molecule has 1 heterocycles. The van der Waals surface area contributed by atoms with Gasteiger partial charge in [-0.1, -0.05) is 12.1 Å². The van der Waals surface area contributed by atoms with E-state index in [9.17, 15) is 9.90 Å². The third-order valence-corrected chi connectivity index (χ3v) is 6.60. The number of benzene rings is 1. The van der Waals surface area contributed by atoms with E-state index in [1.807, 2.05) is 42.6 Å². The molecule has 4 rings (SSSR count). The Morgan fingerprint density at radius 2 is 1.90 bits per heavy atom. The Bertz CT molecular complexity index is 827. The molecule has 5 heteroatoms. The molecule has 0 saturated heterocycles. The number of methoxy groups -OCH3 is 1. The van der Waals surface area contributed by atoms with Crippen molar-refractivity contribution in [1.82, 2.24) is 9.88 Å². The molecule has 1 aromatic heterocycles. The third-order valence-electron chi connectivity index (χ3n) is 6.60. The van der Waals surface area contributed by atoms with E-state index in [0.717, 1.165) is 50.6 Å². The van der Waals surface area contributed by atoms with Crippen molar-refractivity contribution in [3.63, 3.8) is 0 Å². The van der Waals surface area contributed by atoms with Crippen molar-refractivity contribution in [3.05, 3.63) is 59.9 Å². The second-order valence-electron chi connectivity index (χ2n) is 8.38. The van der Waals surface area contributed by atoms with Gasteiger partial charge in [-0.05, 0) is 75.3 Å².